The summed E-state index contributed by atoms with van der Waals surface area (Å²) in [5, 5.41) is 19.1. The van der Waals surface area contributed by atoms with E-state index < -0.39 is 0 Å². The number of benzene rings is 2. The smallest absolute Gasteiger partial charge is 0.119 e. The lowest BCUT2D eigenvalue weighted by atomic mass is 9.91. The monoisotopic (exact) mass is 360 g/mol. The minimum Gasteiger partial charge on any atom is -0.494 e. The lowest BCUT2D eigenvalue weighted by Crippen LogP contribution is -1.98. The molecule has 2 aromatic carbocycles. The molecule has 0 radical (unpaired) electrons. The van der Waals surface area contributed by atoms with Crippen molar-refractivity contribution in [3.8, 4) is 29.0 Å². The van der Waals surface area contributed by atoms with Crippen molar-refractivity contribution in [2.75, 3.05) is 6.61 Å². The lowest BCUT2D eigenvalue weighted by Gasteiger charge is -2.11. The Morgan fingerprint density at radius 1 is 0.778 bits per heavy atom. The van der Waals surface area contributed by atoms with Crippen LogP contribution in [0.15, 0.2) is 36.4 Å². The summed E-state index contributed by atoms with van der Waals surface area (Å²) in [7, 11) is 0. The first-order valence-corrected chi connectivity index (χ1v) is 9.94. The number of hydrogen-bond donors (Lipinski definition) is 0. The van der Waals surface area contributed by atoms with Crippen LogP contribution in [0.3, 0.4) is 0 Å². The van der Waals surface area contributed by atoms with Gasteiger partial charge < -0.3 is 4.74 Å². The van der Waals surface area contributed by atoms with Crippen LogP contribution in [0, 0.1) is 22.7 Å². The third-order valence-electron chi connectivity index (χ3n) is 4.72. The molecule has 0 unspecified atom stereocenters. The van der Waals surface area contributed by atoms with Crippen LogP contribution in [0.4, 0.5) is 0 Å². The number of rotatable bonds is 10. The van der Waals surface area contributed by atoms with Gasteiger partial charge in [-0.25, -0.2) is 0 Å². The first-order valence-electron chi connectivity index (χ1n) is 9.94. The summed E-state index contributed by atoms with van der Waals surface area (Å²) in [5.41, 5.74) is 3.65. The summed E-state index contributed by atoms with van der Waals surface area (Å²) in [6, 6.07) is 16.2. The standard InChI is InChI=1S/C24H28N2O/c1-3-5-6-7-8-16-27-21-13-10-20(11-14-21)22-15-12-19(9-4-2)23(17-25)24(22)18-26/h10-15H,3-9,16H2,1-2H3. The Balaban J connectivity index is 2.11. The van der Waals surface area contributed by atoms with Crippen LogP contribution in [0.5, 0.6) is 5.75 Å². The van der Waals surface area contributed by atoms with E-state index in [1.807, 2.05) is 36.4 Å². The Bertz CT molecular complexity index is 810. The fourth-order valence-electron chi connectivity index (χ4n) is 3.23. The van der Waals surface area contributed by atoms with E-state index in [1.165, 1.54) is 25.7 Å². The fourth-order valence-corrected chi connectivity index (χ4v) is 3.23. The predicted octanol–water partition coefficient (Wildman–Crippen LogP) is 6.40. The van der Waals surface area contributed by atoms with Crippen molar-refractivity contribution >= 4 is 0 Å². The molecule has 0 N–H and O–H groups in total. The van der Waals surface area contributed by atoms with Crippen LogP contribution in [0.25, 0.3) is 11.1 Å². The molecule has 3 heteroatoms. The Labute approximate surface area is 163 Å². The highest BCUT2D eigenvalue weighted by atomic mass is 16.5. The van der Waals surface area contributed by atoms with Crippen molar-refractivity contribution in [1.82, 2.24) is 0 Å². The van der Waals surface area contributed by atoms with E-state index in [1.54, 1.807) is 0 Å². The van der Waals surface area contributed by atoms with E-state index in [-0.39, 0.29) is 0 Å². The average molecular weight is 361 g/mol. The quantitative estimate of drug-likeness (QED) is 0.461. The summed E-state index contributed by atoms with van der Waals surface area (Å²) in [4.78, 5) is 0. The van der Waals surface area contributed by atoms with Gasteiger partial charge >= 0.3 is 0 Å². The zero-order chi connectivity index (χ0) is 19.5. The van der Waals surface area contributed by atoms with E-state index in [9.17, 15) is 10.5 Å². The Kier molecular flexibility index (Phi) is 8.40. The second-order valence-corrected chi connectivity index (χ2v) is 6.78. The van der Waals surface area contributed by atoms with E-state index in [4.69, 9.17) is 4.74 Å². The molecule has 0 heterocycles. The van der Waals surface area contributed by atoms with Crippen molar-refractivity contribution < 1.29 is 4.74 Å². The molecule has 0 aliphatic rings. The molecular weight excluding hydrogens is 332 g/mol. The predicted molar refractivity (Wildman–Crippen MR) is 110 cm³/mol. The van der Waals surface area contributed by atoms with Crippen LogP contribution in [0.1, 0.15) is 69.1 Å². The highest BCUT2D eigenvalue weighted by Crippen LogP contribution is 2.29. The summed E-state index contributed by atoms with van der Waals surface area (Å²) in [6.45, 7) is 5.02. The number of ether oxygens (including phenoxy) is 1. The third kappa shape index (κ3) is 5.60. The minimum atomic E-state index is 0.466. The first-order chi connectivity index (χ1) is 13.2. The van der Waals surface area contributed by atoms with Crippen molar-refractivity contribution in [1.29, 1.82) is 10.5 Å². The van der Waals surface area contributed by atoms with Gasteiger partial charge in [-0.1, -0.05) is 70.2 Å². The maximum absolute atomic E-state index is 9.62. The van der Waals surface area contributed by atoms with Gasteiger partial charge in [-0.15, -0.1) is 0 Å². The molecule has 0 amide bonds. The zero-order valence-electron chi connectivity index (χ0n) is 16.4. The molecule has 27 heavy (non-hydrogen) atoms. The van der Waals surface area contributed by atoms with Gasteiger partial charge in [0.05, 0.1) is 17.7 Å². The van der Waals surface area contributed by atoms with Gasteiger partial charge in [0.15, 0.2) is 0 Å². The molecule has 0 spiro atoms. The van der Waals surface area contributed by atoms with Crippen LogP contribution in [0.2, 0.25) is 0 Å². The molecule has 3 nitrogen and oxygen atoms in total. The molecule has 0 saturated carbocycles. The number of nitriles is 2. The lowest BCUT2D eigenvalue weighted by molar-refractivity contribution is 0.304. The zero-order valence-corrected chi connectivity index (χ0v) is 16.4. The van der Waals surface area contributed by atoms with E-state index >= 15 is 0 Å². The molecule has 0 atom stereocenters. The van der Waals surface area contributed by atoms with Crippen LogP contribution in [-0.4, -0.2) is 6.61 Å². The molecule has 0 fully saturated rings. The van der Waals surface area contributed by atoms with Crippen molar-refractivity contribution in [2.24, 2.45) is 0 Å². The maximum atomic E-state index is 9.62. The Hall–Kier alpha value is -2.78. The average Bonchev–Trinajstić information content (AvgIpc) is 2.71. The Morgan fingerprint density at radius 3 is 2.11 bits per heavy atom. The van der Waals surface area contributed by atoms with E-state index in [0.717, 1.165) is 48.3 Å². The minimum absolute atomic E-state index is 0.466. The largest absolute Gasteiger partial charge is 0.494 e. The summed E-state index contributed by atoms with van der Waals surface area (Å²) >= 11 is 0. The van der Waals surface area contributed by atoms with Crippen molar-refractivity contribution in [3.63, 3.8) is 0 Å². The topological polar surface area (TPSA) is 56.8 Å². The van der Waals surface area contributed by atoms with Gasteiger partial charge in [0.2, 0.25) is 0 Å². The van der Waals surface area contributed by atoms with Crippen LogP contribution >= 0.6 is 0 Å². The molecule has 0 aliphatic carbocycles. The fraction of sp³-hybridized carbons (Fsp3) is 0.417. The number of unbranched alkanes of at least 4 members (excludes halogenated alkanes) is 4. The normalized spacial score (nSPS) is 10.2. The summed E-state index contributed by atoms with van der Waals surface area (Å²) in [6.07, 6.45) is 7.85. The van der Waals surface area contributed by atoms with Gasteiger partial charge in [-0.2, -0.15) is 10.5 Å². The van der Waals surface area contributed by atoms with E-state index in [2.05, 4.69) is 26.0 Å². The third-order valence-corrected chi connectivity index (χ3v) is 4.72. The maximum Gasteiger partial charge on any atom is 0.119 e. The van der Waals surface area contributed by atoms with Crippen molar-refractivity contribution in [2.45, 2.75) is 58.8 Å². The molecule has 0 aromatic heterocycles. The first kappa shape index (κ1) is 20.5. The van der Waals surface area contributed by atoms with Crippen LogP contribution < -0.4 is 4.74 Å². The molecule has 140 valence electrons. The van der Waals surface area contributed by atoms with E-state index in [0.29, 0.717) is 11.1 Å². The highest BCUT2D eigenvalue weighted by Gasteiger charge is 2.14. The van der Waals surface area contributed by atoms with Gasteiger partial charge in [0, 0.05) is 5.56 Å². The number of aryl methyl sites for hydroxylation is 1. The van der Waals surface area contributed by atoms with Gasteiger partial charge in [-0.05, 0) is 36.1 Å². The SMILES string of the molecule is CCCCCCCOc1ccc(-c2ccc(CCC)c(C#N)c2C#N)cc1. The molecule has 0 saturated heterocycles. The molecule has 2 rings (SSSR count). The highest BCUT2D eigenvalue weighted by molar-refractivity contribution is 5.75. The molecule has 0 aliphatic heterocycles. The molecule has 2 aromatic rings. The number of hydrogen-bond acceptors (Lipinski definition) is 3. The second kappa shape index (κ2) is 11.0. The molecular formula is C24H28N2O. The molecule has 0 bridgehead atoms. The van der Waals surface area contributed by atoms with Crippen LogP contribution in [-0.2, 0) is 6.42 Å². The Morgan fingerprint density at radius 2 is 1.48 bits per heavy atom. The summed E-state index contributed by atoms with van der Waals surface area (Å²) in [5.74, 6) is 0.843. The number of nitrogens with zero attached hydrogens (tertiary/aromatic N) is 2. The van der Waals surface area contributed by atoms with Gasteiger partial charge in [0.1, 0.15) is 17.9 Å². The summed E-state index contributed by atoms with van der Waals surface area (Å²) < 4.78 is 5.81. The van der Waals surface area contributed by atoms with Crippen molar-refractivity contribution in [3.05, 3.63) is 53.1 Å². The van der Waals surface area contributed by atoms with Gasteiger partial charge in [-0.3, -0.25) is 0 Å². The van der Waals surface area contributed by atoms with Gasteiger partial charge in [0.25, 0.3) is 0 Å². The second-order valence-electron chi connectivity index (χ2n) is 6.78.